The molecule has 8 aromatic rings. The van der Waals surface area contributed by atoms with E-state index in [9.17, 15) is 23.9 Å². The van der Waals surface area contributed by atoms with Crippen molar-refractivity contribution in [1.29, 1.82) is 0 Å². The number of pyridine rings is 2. The SMILES string of the molecule is COc1cc(OC)c(Cl)c(-c2ccc(C(=O)Nc3ccc(CN(C)CCN(C)C)cn3)c3nccnc23)c1F.COc1cc(OC)c(Cl)c(-c2ccc(C(=O)O)c3nccnc23)c1F.Nc1ccc(CN2CCNC(=O)C2)cn1. The van der Waals surface area contributed by atoms with Crippen LogP contribution in [0, 0.1) is 11.6 Å². The summed E-state index contributed by atoms with van der Waals surface area (Å²) in [6, 6.07) is 16.0. The topological polar surface area (TPSA) is 246 Å². The van der Waals surface area contributed by atoms with E-state index in [1.165, 1.54) is 77.5 Å². The van der Waals surface area contributed by atoms with Crippen molar-refractivity contribution in [3.8, 4) is 45.3 Å². The van der Waals surface area contributed by atoms with Gasteiger partial charge in [0.15, 0.2) is 23.1 Å². The average molecular weight is 1120 g/mol. The van der Waals surface area contributed by atoms with Gasteiger partial charge >= 0.3 is 5.97 Å². The third-order valence-electron chi connectivity index (χ3n) is 12.2. The molecule has 0 radical (unpaired) electrons. The number of carboxylic acids is 1. The number of carboxylic acid groups (broad SMARTS) is 1. The quantitative estimate of drug-likeness (QED) is 0.0713. The number of ether oxygens (including phenoxy) is 4. The van der Waals surface area contributed by atoms with Crippen molar-refractivity contribution in [1.82, 2.24) is 49.9 Å². The van der Waals surface area contributed by atoms with E-state index in [1.54, 1.807) is 36.7 Å². The second kappa shape index (κ2) is 26.8. The van der Waals surface area contributed by atoms with Gasteiger partial charge in [0.25, 0.3) is 5.91 Å². The third-order valence-corrected chi connectivity index (χ3v) is 13.0. The van der Waals surface area contributed by atoms with Crippen LogP contribution >= 0.6 is 23.2 Å². The highest BCUT2D eigenvalue weighted by Gasteiger charge is 2.26. The zero-order chi connectivity index (χ0) is 56.9. The Morgan fingerprint density at radius 2 is 1.22 bits per heavy atom. The van der Waals surface area contributed by atoms with Crippen molar-refractivity contribution in [3.05, 3.63) is 142 Å². The number of methoxy groups -OCH3 is 4. The molecule has 0 saturated carbocycles. The second-order valence-corrected chi connectivity index (χ2v) is 18.7. The summed E-state index contributed by atoms with van der Waals surface area (Å²) in [6.45, 7) is 5.44. The lowest BCUT2D eigenvalue weighted by molar-refractivity contribution is -0.124. The number of fused-ring (bicyclic) bond motifs is 2. The number of halogens is 4. The van der Waals surface area contributed by atoms with Gasteiger partial charge in [-0.1, -0.05) is 47.5 Å². The zero-order valence-corrected chi connectivity index (χ0v) is 45.6. The van der Waals surface area contributed by atoms with Crippen LogP contribution in [0.25, 0.3) is 44.3 Å². The van der Waals surface area contributed by atoms with Gasteiger partial charge in [0.1, 0.15) is 34.2 Å². The van der Waals surface area contributed by atoms with Crippen molar-refractivity contribution in [2.24, 2.45) is 0 Å². The molecular formula is C55H56Cl2F2N12O8. The van der Waals surface area contributed by atoms with Crippen LogP contribution in [-0.2, 0) is 17.9 Å². The summed E-state index contributed by atoms with van der Waals surface area (Å²) in [7, 11) is 11.6. The Bertz CT molecular complexity index is 3440. The number of nitrogens with one attached hydrogen (secondary N) is 2. The summed E-state index contributed by atoms with van der Waals surface area (Å²) in [5.41, 5.74) is 9.40. The molecule has 412 valence electrons. The van der Waals surface area contributed by atoms with Crippen LogP contribution in [0.2, 0.25) is 10.0 Å². The normalized spacial score (nSPS) is 12.3. The highest BCUT2D eigenvalue weighted by Crippen LogP contribution is 2.45. The molecular weight excluding hydrogens is 1070 g/mol. The maximum absolute atomic E-state index is 15.4. The van der Waals surface area contributed by atoms with Crippen LogP contribution in [0.15, 0.2) is 97.8 Å². The number of nitrogens with zero attached hydrogens (tertiary/aromatic N) is 9. The molecule has 1 aliphatic heterocycles. The molecule has 79 heavy (non-hydrogen) atoms. The molecule has 0 spiro atoms. The van der Waals surface area contributed by atoms with Crippen LogP contribution in [0.1, 0.15) is 31.8 Å². The Morgan fingerprint density at radius 1 is 0.696 bits per heavy atom. The van der Waals surface area contributed by atoms with E-state index >= 15 is 4.39 Å². The highest BCUT2D eigenvalue weighted by atomic mass is 35.5. The standard InChI is InChI=1S/C28H30ClFN6O3.C17H12ClFN2O4.C10H14N4O/c1-35(2)12-13-36(3)16-17-6-9-22(33-15-17)34-28(37)19-8-7-18(26-27(19)32-11-10-31-26)23-24(29)20(38-4)14-21(39-5)25(23)30;1-24-10-7-11(25-2)14(19)12(13(10)18)8-3-4-9(17(22)23)16-15(8)20-5-6-21-16;11-9-2-1-8(5-13-9)6-14-4-3-12-10(15)7-14/h6-11,14-15H,12-13,16H2,1-5H3,(H,33,34,37);3-7H,1-2H3,(H,22,23);1-2,5H,3-4,6-7H2,(H2,11,13)(H,12,15). The van der Waals surface area contributed by atoms with Gasteiger partial charge in [-0.2, -0.15) is 0 Å². The first-order chi connectivity index (χ1) is 38.0. The Hall–Kier alpha value is -8.41. The Morgan fingerprint density at radius 3 is 1.70 bits per heavy atom. The fraction of sp³-hybridized carbons (Fsp3) is 0.255. The maximum Gasteiger partial charge on any atom is 0.337 e. The van der Waals surface area contributed by atoms with Crippen molar-refractivity contribution in [2.45, 2.75) is 13.1 Å². The van der Waals surface area contributed by atoms with Gasteiger partial charge in [-0.25, -0.2) is 23.5 Å². The van der Waals surface area contributed by atoms with Gasteiger partial charge in [-0.05, 0) is 56.5 Å². The van der Waals surface area contributed by atoms with Crippen molar-refractivity contribution < 1.29 is 47.2 Å². The monoisotopic (exact) mass is 1120 g/mol. The molecule has 4 aromatic carbocycles. The highest BCUT2D eigenvalue weighted by molar-refractivity contribution is 6.36. The molecule has 0 aliphatic carbocycles. The minimum atomic E-state index is -1.16. The lowest BCUT2D eigenvalue weighted by Crippen LogP contribution is -2.47. The third kappa shape index (κ3) is 14.0. The Labute approximate surface area is 463 Å². The van der Waals surface area contributed by atoms with Crippen LogP contribution < -0.4 is 35.3 Å². The van der Waals surface area contributed by atoms with E-state index in [2.05, 4.69) is 62.3 Å². The average Bonchev–Trinajstić information content (AvgIpc) is 3.59. The molecule has 0 atom stereocenters. The van der Waals surface area contributed by atoms with E-state index in [0.29, 0.717) is 29.3 Å². The summed E-state index contributed by atoms with van der Waals surface area (Å²) in [4.78, 5) is 67.6. The lowest BCUT2D eigenvalue weighted by atomic mass is 9.99. The number of aromatic nitrogens is 6. The number of benzene rings is 4. The molecule has 2 amide bonds. The van der Waals surface area contributed by atoms with Crippen molar-refractivity contribution in [2.75, 3.05) is 93.4 Å². The molecule has 4 aromatic heterocycles. The summed E-state index contributed by atoms with van der Waals surface area (Å²) < 4.78 is 51.0. The van der Waals surface area contributed by atoms with Gasteiger partial charge in [0, 0.05) is 111 Å². The van der Waals surface area contributed by atoms with E-state index < -0.39 is 23.5 Å². The van der Waals surface area contributed by atoms with Crippen LogP contribution in [0.5, 0.6) is 23.0 Å². The molecule has 24 heteroatoms. The van der Waals surface area contributed by atoms with Gasteiger partial charge in [0.05, 0.1) is 67.2 Å². The predicted octanol–water partition coefficient (Wildman–Crippen LogP) is 8.15. The van der Waals surface area contributed by atoms with E-state index in [-0.39, 0.29) is 83.3 Å². The number of rotatable bonds is 16. The van der Waals surface area contributed by atoms with Gasteiger partial charge in [-0.3, -0.25) is 34.4 Å². The van der Waals surface area contributed by atoms with E-state index in [0.717, 1.165) is 50.4 Å². The molecule has 1 fully saturated rings. The van der Waals surface area contributed by atoms with Crippen LogP contribution in [-0.4, -0.2) is 150 Å². The van der Waals surface area contributed by atoms with Crippen molar-refractivity contribution in [3.63, 3.8) is 0 Å². The molecule has 9 rings (SSSR count). The summed E-state index contributed by atoms with van der Waals surface area (Å²) in [5, 5.41) is 15.0. The largest absolute Gasteiger partial charge is 0.495 e. The molecule has 1 saturated heterocycles. The number of aromatic carboxylic acids is 1. The number of piperazine rings is 1. The fourth-order valence-electron chi connectivity index (χ4n) is 8.27. The number of likely N-dealkylation sites (N-methyl/N-ethyl adjacent to an activating group) is 2. The van der Waals surface area contributed by atoms with Crippen molar-refractivity contribution >= 4 is 74.7 Å². The van der Waals surface area contributed by atoms with Gasteiger partial charge in [0.2, 0.25) is 5.91 Å². The molecule has 0 bridgehead atoms. The predicted molar refractivity (Wildman–Crippen MR) is 297 cm³/mol. The molecule has 1 aliphatic rings. The first-order valence-electron chi connectivity index (χ1n) is 24.2. The van der Waals surface area contributed by atoms with E-state index in [1.807, 2.05) is 26.2 Å². The molecule has 5 N–H and O–H groups in total. The summed E-state index contributed by atoms with van der Waals surface area (Å²) in [6.07, 6.45) is 9.17. The zero-order valence-electron chi connectivity index (χ0n) is 44.1. The van der Waals surface area contributed by atoms with E-state index in [4.69, 9.17) is 47.9 Å². The maximum atomic E-state index is 15.4. The second-order valence-electron chi connectivity index (χ2n) is 17.9. The molecule has 20 nitrogen and oxygen atoms in total. The number of nitrogen functional groups attached to an aromatic ring is 1. The minimum absolute atomic E-state index is 0.000283. The lowest BCUT2D eigenvalue weighted by Gasteiger charge is -2.26. The number of nitrogens with two attached hydrogens (primary N) is 1. The first-order valence-corrected chi connectivity index (χ1v) is 24.9. The van der Waals surface area contributed by atoms with Gasteiger partial charge < -0.3 is 50.2 Å². The number of amides is 2. The number of anilines is 2. The minimum Gasteiger partial charge on any atom is -0.495 e. The Balaban J connectivity index is 0.000000191. The van der Waals surface area contributed by atoms with Crippen LogP contribution in [0.4, 0.5) is 20.4 Å². The summed E-state index contributed by atoms with van der Waals surface area (Å²) in [5.74, 6) is -1.60. The number of carbonyl (C=O) groups is 3. The summed E-state index contributed by atoms with van der Waals surface area (Å²) >= 11 is 12.8. The first kappa shape index (κ1) is 58.3. The molecule has 0 unspecified atom stereocenters. The number of carbonyl (C=O) groups excluding carboxylic acids is 2. The molecule has 5 heterocycles. The Kier molecular flexibility index (Phi) is 19.7. The number of hydrogen-bond acceptors (Lipinski definition) is 17. The van der Waals surface area contributed by atoms with Crippen LogP contribution in [0.3, 0.4) is 0 Å². The fourth-order valence-corrected chi connectivity index (χ4v) is 8.90. The van der Waals surface area contributed by atoms with Gasteiger partial charge in [-0.15, -0.1) is 0 Å². The number of hydrogen-bond donors (Lipinski definition) is 4. The smallest absolute Gasteiger partial charge is 0.337 e.